The molecule has 0 aliphatic heterocycles. The molecule has 0 rings (SSSR count). The van der Waals surface area contributed by atoms with Gasteiger partial charge in [0, 0.05) is 12.8 Å². The maximum Gasteiger partial charge on any atom is 0.459 e. The molecule has 102 valence electrons. The number of halogens is 7. The van der Waals surface area contributed by atoms with Gasteiger partial charge in [-0.1, -0.05) is 0 Å². The quantitative estimate of drug-likeness (QED) is 0.592. The van der Waals surface area contributed by atoms with Gasteiger partial charge < -0.3 is 5.11 Å². The van der Waals surface area contributed by atoms with E-state index in [0.717, 1.165) is 0 Å². The zero-order valence-electron chi connectivity index (χ0n) is 8.33. The molecule has 1 N–H and O–H groups in total. The average Bonchev–Trinajstić information content (AvgIpc) is 2.10. The predicted molar refractivity (Wildman–Crippen MR) is 42.1 cm³/mol. The number of unbranched alkanes of at least 4 members (excludes halogenated alkanes) is 1. The monoisotopic (exact) mass is 270 g/mol. The first-order chi connectivity index (χ1) is 7.42. The molecule has 0 saturated heterocycles. The molecule has 0 spiro atoms. The third kappa shape index (κ3) is 4.04. The second-order valence-electron chi connectivity index (χ2n) is 3.38. The second kappa shape index (κ2) is 5.09. The molecule has 0 fully saturated rings. The molecule has 0 radical (unpaired) electrons. The summed E-state index contributed by atoms with van der Waals surface area (Å²) in [5, 5.41) is 8.12. The van der Waals surface area contributed by atoms with Crippen LogP contribution in [0.25, 0.3) is 0 Å². The van der Waals surface area contributed by atoms with Crippen LogP contribution in [0.15, 0.2) is 0 Å². The van der Waals surface area contributed by atoms with Crippen LogP contribution < -0.4 is 0 Å². The van der Waals surface area contributed by atoms with Gasteiger partial charge in [0.05, 0.1) is 0 Å². The second-order valence-corrected chi connectivity index (χ2v) is 3.38. The van der Waals surface area contributed by atoms with Crippen molar-refractivity contribution in [3.63, 3.8) is 0 Å². The summed E-state index contributed by atoms with van der Waals surface area (Å²) in [5.74, 6) is -12.7. The van der Waals surface area contributed by atoms with E-state index >= 15 is 0 Å². The molecule has 0 aromatic rings. The molecule has 0 aromatic heterocycles. The highest BCUT2D eigenvalue weighted by atomic mass is 19.4. The minimum atomic E-state index is -6.33. The Kier molecular flexibility index (Phi) is 4.79. The summed E-state index contributed by atoms with van der Waals surface area (Å²) in [6.45, 7) is 0. The summed E-state index contributed by atoms with van der Waals surface area (Å²) >= 11 is 0. The maximum absolute atomic E-state index is 12.6. The van der Waals surface area contributed by atoms with E-state index in [1.807, 2.05) is 0 Å². The lowest BCUT2D eigenvalue weighted by atomic mass is 10.0. The first-order valence-electron chi connectivity index (χ1n) is 4.46. The van der Waals surface area contributed by atoms with E-state index in [0.29, 0.717) is 0 Å². The molecule has 0 aliphatic carbocycles. The number of carboxylic acids is 1. The van der Waals surface area contributed by atoms with Crippen LogP contribution in [0.1, 0.15) is 25.7 Å². The third-order valence-electron chi connectivity index (χ3n) is 1.95. The van der Waals surface area contributed by atoms with Gasteiger partial charge in [0.25, 0.3) is 0 Å². The summed E-state index contributed by atoms with van der Waals surface area (Å²) in [4.78, 5) is 9.96. The SMILES string of the molecule is O=C(O)CCCCC(F)(F)C(F)(F)C(F)(F)F. The lowest BCUT2D eigenvalue weighted by molar-refractivity contribution is -0.355. The average molecular weight is 270 g/mol. The van der Waals surface area contributed by atoms with E-state index in [-0.39, 0.29) is 0 Å². The van der Waals surface area contributed by atoms with Crippen LogP contribution in [-0.2, 0) is 4.79 Å². The van der Waals surface area contributed by atoms with E-state index in [4.69, 9.17) is 5.11 Å². The largest absolute Gasteiger partial charge is 0.481 e. The molecular weight excluding hydrogens is 261 g/mol. The fourth-order valence-corrected chi connectivity index (χ4v) is 0.988. The number of hydrogen-bond donors (Lipinski definition) is 1. The van der Waals surface area contributed by atoms with Crippen LogP contribution in [0.2, 0.25) is 0 Å². The lowest BCUT2D eigenvalue weighted by Gasteiger charge is -2.28. The first-order valence-corrected chi connectivity index (χ1v) is 4.46. The lowest BCUT2D eigenvalue weighted by Crippen LogP contribution is -2.51. The van der Waals surface area contributed by atoms with Gasteiger partial charge >= 0.3 is 24.0 Å². The topological polar surface area (TPSA) is 37.3 Å². The summed E-state index contributed by atoms with van der Waals surface area (Å²) in [6, 6.07) is 0. The molecule has 0 atom stereocenters. The van der Waals surface area contributed by atoms with Crippen LogP contribution in [0.5, 0.6) is 0 Å². The van der Waals surface area contributed by atoms with Crippen LogP contribution in [0.4, 0.5) is 30.7 Å². The van der Waals surface area contributed by atoms with Crippen molar-refractivity contribution >= 4 is 5.97 Å². The zero-order valence-corrected chi connectivity index (χ0v) is 8.33. The maximum atomic E-state index is 12.6. The Bertz CT molecular complexity index is 272. The third-order valence-corrected chi connectivity index (χ3v) is 1.95. The molecule has 0 aromatic carbocycles. The Morgan fingerprint density at radius 3 is 1.76 bits per heavy atom. The van der Waals surface area contributed by atoms with Crippen molar-refractivity contribution in [3.05, 3.63) is 0 Å². The van der Waals surface area contributed by atoms with Gasteiger partial charge in [0.2, 0.25) is 0 Å². The summed E-state index contributed by atoms with van der Waals surface area (Å²) < 4.78 is 84.7. The van der Waals surface area contributed by atoms with Crippen molar-refractivity contribution in [2.75, 3.05) is 0 Å². The van der Waals surface area contributed by atoms with Crippen LogP contribution in [0.3, 0.4) is 0 Å². The normalized spacial score (nSPS) is 13.8. The molecular formula is C8H9F7O2. The van der Waals surface area contributed by atoms with Crippen LogP contribution in [-0.4, -0.2) is 29.1 Å². The molecule has 0 bridgehead atoms. The van der Waals surface area contributed by atoms with Crippen molar-refractivity contribution in [2.24, 2.45) is 0 Å². The molecule has 17 heavy (non-hydrogen) atoms. The van der Waals surface area contributed by atoms with Gasteiger partial charge in [-0.2, -0.15) is 30.7 Å². The molecule has 0 heterocycles. The van der Waals surface area contributed by atoms with Crippen molar-refractivity contribution in [2.45, 2.75) is 43.7 Å². The molecule has 0 amide bonds. The smallest absolute Gasteiger partial charge is 0.459 e. The number of aliphatic carboxylic acids is 1. The van der Waals surface area contributed by atoms with Crippen molar-refractivity contribution in [1.82, 2.24) is 0 Å². The van der Waals surface area contributed by atoms with E-state index in [9.17, 15) is 35.5 Å². The summed E-state index contributed by atoms with van der Waals surface area (Å²) in [6.07, 6.45) is -9.73. The number of carbonyl (C=O) groups is 1. The Labute approximate surface area is 91.4 Å². The molecule has 0 saturated carbocycles. The Hall–Kier alpha value is -1.02. The van der Waals surface area contributed by atoms with Crippen molar-refractivity contribution in [3.8, 4) is 0 Å². The van der Waals surface area contributed by atoms with E-state index in [1.54, 1.807) is 0 Å². The van der Waals surface area contributed by atoms with Gasteiger partial charge in [-0.05, 0) is 12.8 Å². The number of rotatable bonds is 6. The van der Waals surface area contributed by atoms with E-state index in [2.05, 4.69) is 0 Å². The van der Waals surface area contributed by atoms with Crippen LogP contribution in [0, 0.1) is 0 Å². The highest BCUT2D eigenvalue weighted by Gasteiger charge is 2.72. The van der Waals surface area contributed by atoms with Gasteiger partial charge in [0.1, 0.15) is 0 Å². The highest BCUT2D eigenvalue weighted by Crippen LogP contribution is 2.48. The van der Waals surface area contributed by atoms with Gasteiger partial charge in [-0.25, -0.2) is 0 Å². The zero-order chi connectivity index (χ0) is 13.9. The van der Waals surface area contributed by atoms with Crippen LogP contribution >= 0.6 is 0 Å². The van der Waals surface area contributed by atoms with Crippen molar-refractivity contribution in [1.29, 1.82) is 0 Å². The van der Waals surface area contributed by atoms with Gasteiger partial charge in [0.15, 0.2) is 0 Å². The summed E-state index contributed by atoms with van der Waals surface area (Å²) in [7, 11) is 0. The Morgan fingerprint density at radius 2 is 1.41 bits per heavy atom. The number of alkyl halides is 7. The molecule has 9 heteroatoms. The standard InChI is InChI=1S/C8H9F7O2/c9-6(10,4-2-1-3-5(16)17)7(11,12)8(13,14)15/h1-4H2,(H,16,17). The summed E-state index contributed by atoms with van der Waals surface area (Å²) in [5.41, 5.74) is 0. The molecule has 0 aliphatic rings. The first kappa shape index (κ1) is 16.0. The molecule has 0 unspecified atom stereocenters. The number of hydrogen-bond acceptors (Lipinski definition) is 1. The minimum Gasteiger partial charge on any atom is -0.481 e. The minimum absolute atomic E-state index is 0.390. The Balaban J connectivity index is 4.42. The highest BCUT2D eigenvalue weighted by molar-refractivity contribution is 5.66. The number of carboxylic acid groups (broad SMARTS) is 1. The van der Waals surface area contributed by atoms with E-state index < -0.39 is 49.7 Å². The van der Waals surface area contributed by atoms with Gasteiger partial charge in [-0.15, -0.1) is 0 Å². The predicted octanol–water partition coefficient (Wildman–Crippen LogP) is 3.46. The molecule has 2 nitrogen and oxygen atoms in total. The van der Waals surface area contributed by atoms with Crippen molar-refractivity contribution < 1.29 is 40.6 Å². The fourth-order valence-electron chi connectivity index (χ4n) is 0.988. The van der Waals surface area contributed by atoms with Gasteiger partial charge in [-0.3, -0.25) is 4.79 Å². The Morgan fingerprint density at radius 1 is 0.941 bits per heavy atom. The fraction of sp³-hybridized carbons (Fsp3) is 0.875. The van der Waals surface area contributed by atoms with E-state index in [1.165, 1.54) is 0 Å².